The van der Waals surface area contributed by atoms with Crippen LogP contribution in [0, 0.1) is 82.9 Å². The molecule has 3 aliphatic carbocycles. The van der Waals surface area contributed by atoms with E-state index in [9.17, 15) is 8.42 Å². The zero-order valence-corrected chi connectivity index (χ0v) is 83.1. The molecule has 0 spiro atoms. The molecule has 0 amide bonds. The molecule has 2 aromatic rings. The number of hydrogen-bond donors (Lipinski definition) is 0. The van der Waals surface area contributed by atoms with Crippen LogP contribution in [0.5, 0.6) is 0 Å². The average molecular weight is 1590 g/mol. The monoisotopic (exact) mass is 1590 g/mol. The van der Waals surface area contributed by atoms with Gasteiger partial charge in [0.05, 0.1) is 58.7 Å². The zero-order valence-electron chi connectivity index (χ0n) is 82.3. The molecule has 0 N–H and O–H groups in total. The lowest BCUT2D eigenvalue weighted by Crippen LogP contribution is -2.49. The molecule has 111 heavy (non-hydrogen) atoms. The summed E-state index contributed by atoms with van der Waals surface area (Å²) < 4.78 is 62.9. The fourth-order valence-corrected chi connectivity index (χ4v) is 11.4. The standard InChI is InChI=1S/C11H16.C11H14.C10H22N2O2S.C9H18O.C9H20O.3C8H18O.C7H16O.C7H14.C6H12.C5H12O/c2*1-10(2)8-9-11-6-4-3-5-7-11;1-4-15(13,14)12-7-5-11(6-8-12)9-10(2)3;1-7(2)9(5-6-9)10-8(3)4;1-7(2)9(5,6)10-8(3)4;2*1-6-9-8(4,5)7(2)3;1-6(2)8(5)9-7(3)4;1-6(2)5-8-7(3)4;1-6(2)7-4-3-5-7;1-5(2)6-3-4-6;1-5(2)4-6-3/h3-7,10H,8-9H2,1-2H3;3-10H,1-2H3;10H,4-9H2,1-3H3;7-8H,5-6H2,1-4H3;7-8H,1-6H3;2*7H,6H2,1-5H3;6-8H,1-5H3;6-7H,5H2,1-4H3;6-7H,3-5H2,1-2H3;5-6H,3-4H2,1-2H3;5H,4H2,1-3H3/b;9-8+;;;;;;;;;;. The van der Waals surface area contributed by atoms with Crippen molar-refractivity contribution in [2.75, 3.05) is 72.0 Å². The van der Waals surface area contributed by atoms with Gasteiger partial charge in [0.2, 0.25) is 10.0 Å². The van der Waals surface area contributed by atoms with Gasteiger partial charge in [-0.2, -0.15) is 4.31 Å². The Morgan fingerprint density at radius 1 is 0.495 bits per heavy atom. The van der Waals surface area contributed by atoms with Crippen LogP contribution in [-0.4, -0.2) is 143 Å². The molecule has 0 radical (unpaired) electrons. The number of aryl methyl sites for hydroxylation is 1. The van der Waals surface area contributed by atoms with E-state index >= 15 is 0 Å². The number of allylic oxidation sites excluding steroid dienone is 1. The van der Waals surface area contributed by atoms with Crippen LogP contribution in [0.4, 0.5) is 0 Å². The molecular formula is C99H198N2O9S. The van der Waals surface area contributed by atoms with Crippen LogP contribution in [0.2, 0.25) is 0 Å². The van der Waals surface area contributed by atoms with Crippen molar-refractivity contribution in [2.45, 2.75) is 402 Å². The quantitative estimate of drug-likeness (QED) is 0.0725. The molecule has 1 unspecified atom stereocenters. The van der Waals surface area contributed by atoms with Crippen LogP contribution in [0.1, 0.15) is 353 Å². The number of piperazine rings is 1. The smallest absolute Gasteiger partial charge is 0.213 e. The third-order valence-electron chi connectivity index (χ3n) is 20.4. The molecule has 2 aromatic carbocycles. The summed E-state index contributed by atoms with van der Waals surface area (Å²) in [4.78, 5) is 2.34. The average Bonchev–Trinajstić information content (AvgIpc) is 1.66. The second kappa shape index (κ2) is 67.6. The highest BCUT2D eigenvalue weighted by molar-refractivity contribution is 7.89. The number of methoxy groups -OCH3 is 1. The number of nitrogens with zero attached hydrogens (tertiary/aromatic N) is 2. The maximum atomic E-state index is 11.6. The molecule has 4 fully saturated rings. The molecule has 1 saturated heterocycles. The Balaban J connectivity index is -0.000000273. The summed E-state index contributed by atoms with van der Waals surface area (Å²) in [6.07, 6.45) is 18.8. The molecule has 1 atom stereocenters. The van der Waals surface area contributed by atoms with Crippen molar-refractivity contribution in [3.8, 4) is 0 Å². The van der Waals surface area contributed by atoms with E-state index < -0.39 is 10.0 Å². The van der Waals surface area contributed by atoms with Crippen LogP contribution >= 0.6 is 0 Å². The van der Waals surface area contributed by atoms with E-state index in [0.29, 0.717) is 96.9 Å². The second-order valence-electron chi connectivity index (χ2n) is 38.4. The van der Waals surface area contributed by atoms with Crippen molar-refractivity contribution in [3.05, 3.63) is 77.9 Å². The molecule has 3 saturated carbocycles. The first-order chi connectivity index (χ1) is 51.0. The van der Waals surface area contributed by atoms with E-state index in [2.05, 4.69) is 342 Å². The third-order valence-corrected chi connectivity index (χ3v) is 22.3. The van der Waals surface area contributed by atoms with Crippen LogP contribution < -0.4 is 0 Å². The first-order valence-electron chi connectivity index (χ1n) is 44.9. The van der Waals surface area contributed by atoms with Gasteiger partial charge in [-0.3, -0.25) is 0 Å². The maximum absolute atomic E-state index is 11.6. The molecule has 0 bridgehead atoms. The van der Waals surface area contributed by atoms with Crippen LogP contribution in [0.15, 0.2) is 66.7 Å². The molecular weight excluding hydrogens is 1390 g/mol. The van der Waals surface area contributed by atoms with Gasteiger partial charge >= 0.3 is 0 Å². The van der Waals surface area contributed by atoms with E-state index in [1.807, 2.05) is 19.9 Å². The first kappa shape index (κ1) is 120. The van der Waals surface area contributed by atoms with Gasteiger partial charge < -0.3 is 38.1 Å². The SMILES string of the molecule is CC(C)/C=C/c1ccccc1.CC(C)C1CC1.CC(C)C1CCC1.CC(C)CCc1ccccc1.CC(C)COC(C)C.CC(C)OC(C)(C)C(C)C.CC(C)OC(C)C(C)C.CC(C)OC1(C(C)C)CC1.CCOC(C)(C)C(C)C.CCOC(C)(C)C(C)C.CCS(=O)(=O)N1CCN(CC(C)C)CC1.COCC(C)C. The van der Waals surface area contributed by atoms with Crippen LogP contribution in [0.3, 0.4) is 0 Å². The normalized spacial score (nSPS) is 15.5. The minimum atomic E-state index is -2.97. The van der Waals surface area contributed by atoms with Gasteiger partial charge in [-0.1, -0.05) is 258 Å². The molecule has 4 aliphatic rings. The van der Waals surface area contributed by atoms with Gasteiger partial charge in [0.1, 0.15) is 0 Å². The van der Waals surface area contributed by atoms with Crippen LogP contribution in [0.25, 0.3) is 6.08 Å². The lowest BCUT2D eigenvalue weighted by atomic mass is 9.78. The third kappa shape index (κ3) is 75.0. The van der Waals surface area contributed by atoms with Gasteiger partial charge in [0.15, 0.2) is 0 Å². The molecule has 11 nitrogen and oxygen atoms in total. The molecule has 664 valence electrons. The lowest BCUT2D eigenvalue weighted by molar-refractivity contribution is -0.0835. The predicted molar refractivity (Wildman–Crippen MR) is 494 cm³/mol. The number of rotatable bonds is 31. The van der Waals surface area contributed by atoms with E-state index in [4.69, 9.17) is 33.2 Å². The first-order valence-corrected chi connectivity index (χ1v) is 46.5. The topological polar surface area (TPSA) is 105 Å². The second-order valence-corrected chi connectivity index (χ2v) is 40.7. The van der Waals surface area contributed by atoms with Gasteiger partial charge in [-0.15, -0.1) is 0 Å². The lowest BCUT2D eigenvalue weighted by Gasteiger charge is -2.34. The summed E-state index contributed by atoms with van der Waals surface area (Å²) >= 11 is 0. The van der Waals surface area contributed by atoms with Crippen molar-refractivity contribution < 1.29 is 41.6 Å². The highest BCUT2D eigenvalue weighted by Gasteiger charge is 2.47. The highest BCUT2D eigenvalue weighted by atomic mass is 32.2. The van der Waals surface area contributed by atoms with E-state index in [0.717, 1.165) is 75.7 Å². The minimum Gasteiger partial charge on any atom is -0.384 e. The number of benzene rings is 2. The number of sulfonamides is 1. The predicted octanol–water partition coefficient (Wildman–Crippen LogP) is 27.9. The van der Waals surface area contributed by atoms with Crippen molar-refractivity contribution in [1.82, 2.24) is 9.21 Å². The largest absolute Gasteiger partial charge is 0.384 e. The van der Waals surface area contributed by atoms with Gasteiger partial charge in [0, 0.05) is 66.3 Å². The summed E-state index contributed by atoms with van der Waals surface area (Å²) in [5, 5.41) is 0. The number of hydrogen-bond acceptors (Lipinski definition) is 10. The van der Waals surface area contributed by atoms with E-state index in [1.165, 1.54) is 68.9 Å². The van der Waals surface area contributed by atoms with Crippen molar-refractivity contribution >= 4 is 16.1 Å². The summed E-state index contributed by atoms with van der Waals surface area (Å²) in [6.45, 7) is 97.8. The van der Waals surface area contributed by atoms with Gasteiger partial charge in [-0.25, -0.2) is 8.42 Å². The Kier molecular flexibility index (Phi) is 72.9. The van der Waals surface area contributed by atoms with Crippen LogP contribution in [-0.2, 0) is 49.6 Å². The maximum Gasteiger partial charge on any atom is 0.213 e. The summed E-state index contributed by atoms with van der Waals surface area (Å²) in [5.41, 5.74) is 3.13. The van der Waals surface area contributed by atoms with Gasteiger partial charge in [-0.05, 0) is 257 Å². The Labute approximate surface area is 697 Å². The molecule has 1 aliphatic heterocycles. The van der Waals surface area contributed by atoms with Crippen molar-refractivity contribution in [1.29, 1.82) is 0 Å². The Morgan fingerprint density at radius 3 is 1.12 bits per heavy atom. The molecule has 6 rings (SSSR count). The van der Waals surface area contributed by atoms with E-state index in [-0.39, 0.29) is 28.2 Å². The van der Waals surface area contributed by atoms with Gasteiger partial charge in [0.25, 0.3) is 0 Å². The zero-order chi connectivity index (χ0) is 87.6. The Bertz CT molecular complexity index is 2400. The summed E-state index contributed by atoms with van der Waals surface area (Å²) in [6, 6.07) is 21.0. The molecule has 1 heterocycles. The number of ether oxygens (including phenoxy) is 7. The fraction of sp³-hybridized carbons (Fsp3) is 0.859. The minimum absolute atomic E-state index is 0.0220. The summed E-state index contributed by atoms with van der Waals surface area (Å²) in [7, 11) is -1.24. The highest BCUT2D eigenvalue weighted by Crippen LogP contribution is 2.46. The molecule has 0 aromatic heterocycles. The fourth-order valence-electron chi connectivity index (χ4n) is 10.3. The van der Waals surface area contributed by atoms with Crippen molar-refractivity contribution in [3.63, 3.8) is 0 Å². The Hall–Kier alpha value is -2.23. The summed E-state index contributed by atoms with van der Waals surface area (Å²) in [5.74, 6) is 10.9. The Morgan fingerprint density at radius 2 is 0.919 bits per heavy atom. The van der Waals surface area contributed by atoms with Crippen molar-refractivity contribution in [2.24, 2.45) is 82.9 Å². The molecule has 12 heteroatoms. The van der Waals surface area contributed by atoms with E-state index in [1.54, 1.807) is 18.3 Å².